The van der Waals surface area contributed by atoms with Crippen molar-refractivity contribution >= 4 is 23.5 Å². The van der Waals surface area contributed by atoms with Gasteiger partial charge in [0.05, 0.1) is 12.2 Å². The van der Waals surface area contributed by atoms with Gasteiger partial charge >= 0.3 is 11.9 Å². The summed E-state index contributed by atoms with van der Waals surface area (Å²) < 4.78 is 12.0. The van der Waals surface area contributed by atoms with Crippen LogP contribution in [0.5, 0.6) is 5.75 Å². The van der Waals surface area contributed by atoms with E-state index in [0.29, 0.717) is 47.9 Å². The summed E-state index contributed by atoms with van der Waals surface area (Å²) in [4.78, 5) is 26.6. The topological polar surface area (TPSA) is 93.1 Å². The fourth-order valence-corrected chi connectivity index (χ4v) is 10.7. The second-order valence-electron chi connectivity index (χ2n) is 15.2. The number of carbonyl (C=O) groups excluding carboxylic acids is 2. The SMILES string of the molecule is CC(=O)O[C@H]1C[C@@]2(C)[C@@H](C[C@@H](O)[C@H]3[C@@]4(C)CC[C@@H](O)[C@@H](C)[C@@H]4CC[C@@]32C)/C1=C(\CCC=C(C)C)C(=O)Oc1cccc(Cl)c1. The summed E-state index contributed by atoms with van der Waals surface area (Å²) in [5, 5.41) is 23.4. The molecule has 0 radical (unpaired) electrons. The van der Waals surface area contributed by atoms with Crippen molar-refractivity contribution in [3.05, 3.63) is 52.1 Å². The number of aliphatic hydroxyl groups excluding tert-OH is 2. The summed E-state index contributed by atoms with van der Waals surface area (Å²) >= 11 is 6.21. The first-order valence-corrected chi connectivity index (χ1v) is 16.9. The molecule has 7 heteroatoms. The van der Waals surface area contributed by atoms with Gasteiger partial charge in [0.25, 0.3) is 0 Å². The van der Waals surface area contributed by atoms with Crippen molar-refractivity contribution in [1.29, 1.82) is 0 Å². The fraction of sp³-hybridized carbons (Fsp3) is 0.676. The van der Waals surface area contributed by atoms with Crippen molar-refractivity contribution in [2.45, 2.75) is 118 Å². The van der Waals surface area contributed by atoms with Gasteiger partial charge in [0.15, 0.2) is 0 Å². The van der Waals surface area contributed by atoms with E-state index in [0.717, 1.165) is 36.8 Å². The number of aliphatic hydroxyl groups is 2. The Morgan fingerprint density at radius 1 is 1.05 bits per heavy atom. The van der Waals surface area contributed by atoms with Gasteiger partial charge in [-0.3, -0.25) is 4.79 Å². The lowest BCUT2D eigenvalue weighted by Gasteiger charge is -2.69. The summed E-state index contributed by atoms with van der Waals surface area (Å²) in [5.41, 5.74) is 1.81. The molecule has 10 atom stereocenters. The largest absolute Gasteiger partial charge is 0.458 e. The quantitative estimate of drug-likeness (QED) is 0.145. The van der Waals surface area contributed by atoms with Gasteiger partial charge in [-0.05, 0) is 129 Å². The van der Waals surface area contributed by atoms with E-state index in [-0.39, 0.29) is 46.1 Å². The molecule has 0 unspecified atom stereocenters. The van der Waals surface area contributed by atoms with Crippen molar-refractivity contribution in [3.8, 4) is 5.75 Å². The van der Waals surface area contributed by atoms with Gasteiger partial charge in [0.2, 0.25) is 0 Å². The van der Waals surface area contributed by atoms with Gasteiger partial charge in [-0.15, -0.1) is 0 Å². The number of esters is 2. The van der Waals surface area contributed by atoms with Gasteiger partial charge in [-0.2, -0.15) is 0 Å². The molecule has 0 aliphatic heterocycles. The van der Waals surface area contributed by atoms with Crippen LogP contribution in [0.25, 0.3) is 0 Å². The van der Waals surface area contributed by atoms with Crippen LogP contribution in [-0.4, -0.2) is 40.5 Å². The van der Waals surface area contributed by atoms with Crippen LogP contribution in [-0.2, 0) is 14.3 Å². The van der Waals surface area contributed by atoms with Gasteiger partial charge in [0.1, 0.15) is 11.9 Å². The van der Waals surface area contributed by atoms with E-state index < -0.39 is 18.2 Å². The van der Waals surface area contributed by atoms with E-state index in [9.17, 15) is 19.8 Å². The van der Waals surface area contributed by atoms with Crippen LogP contribution in [0.15, 0.2) is 47.1 Å². The van der Waals surface area contributed by atoms with Crippen LogP contribution in [0.1, 0.15) is 99.8 Å². The number of allylic oxidation sites excluding steroid dienone is 2. The zero-order valence-electron chi connectivity index (χ0n) is 27.5. The number of hydrogen-bond acceptors (Lipinski definition) is 6. The van der Waals surface area contributed by atoms with Crippen LogP contribution in [0, 0.1) is 39.9 Å². The number of rotatable bonds is 6. The lowest BCUT2D eigenvalue weighted by Crippen LogP contribution is -2.65. The maximum Gasteiger partial charge on any atom is 0.339 e. The molecule has 1 aromatic rings. The predicted molar refractivity (Wildman–Crippen MR) is 172 cm³/mol. The Labute approximate surface area is 268 Å². The second-order valence-corrected chi connectivity index (χ2v) is 15.6. The van der Waals surface area contributed by atoms with Crippen molar-refractivity contribution in [1.82, 2.24) is 0 Å². The number of carbonyl (C=O) groups is 2. The lowest BCUT2D eigenvalue weighted by atomic mass is 9.36. The minimum atomic E-state index is -0.581. The number of halogens is 1. The summed E-state index contributed by atoms with van der Waals surface area (Å²) in [6.07, 6.45) is 6.37. The normalized spacial score (nSPS) is 40.6. The molecule has 0 bridgehead atoms. The monoisotopic (exact) mass is 626 g/mol. The molecular weight excluding hydrogens is 576 g/mol. The molecule has 4 fully saturated rings. The first-order valence-electron chi connectivity index (χ1n) is 16.5. The van der Waals surface area contributed by atoms with Crippen molar-refractivity contribution in [2.24, 2.45) is 39.9 Å². The lowest BCUT2D eigenvalue weighted by molar-refractivity contribution is -0.234. The number of fused-ring (bicyclic) bond motifs is 5. The zero-order valence-corrected chi connectivity index (χ0v) is 28.2. The molecule has 2 N–H and O–H groups in total. The summed E-state index contributed by atoms with van der Waals surface area (Å²) in [5.74, 6) is -0.0617. The molecule has 4 aliphatic carbocycles. The maximum atomic E-state index is 14.1. The molecule has 0 spiro atoms. The van der Waals surface area contributed by atoms with E-state index in [1.54, 1.807) is 24.3 Å². The molecule has 0 saturated heterocycles. The van der Waals surface area contributed by atoms with Crippen LogP contribution in [0.3, 0.4) is 0 Å². The summed E-state index contributed by atoms with van der Waals surface area (Å²) in [6, 6.07) is 6.81. The van der Waals surface area contributed by atoms with Gasteiger partial charge < -0.3 is 19.7 Å². The molecule has 4 saturated carbocycles. The highest BCUT2D eigenvalue weighted by Crippen LogP contribution is 2.74. The highest BCUT2D eigenvalue weighted by atomic mass is 35.5. The van der Waals surface area contributed by atoms with E-state index >= 15 is 0 Å². The molecule has 6 nitrogen and oxygen atoms in total. The first kappa shape index (κ1) is 33.2. The van der Waals surface area contributed by atoms with Gasteiger partial charge in [-0.1, -0.05) is 57.0 Å². The minimum Gasteiger partial charge on any atom is -0.458 e. The predicted octanol–water partition coefficient (Wildman–Crippen LogP) is 7.84. The standard InChI is InChI=1S/C37H51ClO6/c1-21(2)10-8-13-26(34(42)44-25-12-9-11-24(38)18-25)32-28-19-30(41)33-35(5)16-15-29(40)22(3)27(35)14-17-36(33,6)37(28,7)20-31(32)43-23(4)39/h9-12,18,22,27-31,33,40-41H,8,13-17,19-20H2,1-7H3/b32-26-/t22-,27-,28-,29+,30+,31-,33-,35-,36-,37-/m0/s1. The third-order valence-corrected chi connectivity index (χ3v) is 12.8. The number of ether oxygens (including phenoxy) is 2. The van der Waals surface area contributed by atoms with Crippen LogP contribution in [0.2, 0.25) is 5.02 Å². The zero-order chi connectivity index (χ0) is 32.2. The Balaban J connectivity index is 1.62. The third-order valence-electron chi connectivity index (χ3n) is 12.6. The highest BCUT2D eigenvalue weighted by Gasteiger charge is 2.70. The highest BCUT2D eigenvalue weighted by molar-refractivity contribution is 6.30. The Hall–Kier alpha value is -2.15. The van der Waals surface area contributed by atoms with Gasteiger partial charge in [-0.25, -0.2) is 4.79 Å². The van der Waals surface area contributed by atoms with Crippen molar-refractivity contribution in [3.63, 3.8) is 0 Å². The summed E-state index contributed by atoms with van der Waals surface area (Å²) in [6.45, 7) is 14.7. The number of hydrogen-bond donors (Lipinski definition) is 2. The minimum absolute atomic E-state index is 0.0369. The smallest absolute Gasteiger partial charge is 0.339 e. The van der Waals surface area contributed by atoms with E-state index in [1.165, 1.54) is 6.92 Å². The third kappa shape index (κ3) is 5.58. The van der Waals surface area contributed by atoms with Crippen LogP contribution in [0.4, 0.5) is 0 Å². The average molecular weight is 627 g/mol. The maximum absolute atomic E-state index is 14.1. The number of benzene rings is 1. The van der Waals surface area contributed by atoms with E-state index in [4.69, 9.17) is 21.1 Å². The molecule has 1 aromatic carbocycles. The van der Waals surface area contributed by atoms with Crippen LogP contribution < -0.4 is 4.74 Å². The molecule has 4 aliphatic rings. The van der Waals surface area contributed by atoms with Crippen LogP contribution >= 0.6 is 11.6 Å². The van der Waals surface area contributed by atoms with Gasteiger partial charge in [0, 0.05) is 17.5 Å². The second kappa shape index (κ2) is 12.2. The Kier molecular flexibility index (Phi) is 9.23. The molecule has 0 aromatic heterocycles. The van der Waals surface area contributed by atoms with E-state index in [1.807, 2.05) is 13.8 Å². The Bertz CT molecular complexity index is 1350. The molecule has 44 heavy (non-hydrogen) atoms. The molecule has 0 amide bonds. The Morgan fingerprint density at radius 2 is 1.77 bits per heavy atom. The molecule has 0 heterocycles. The van der Waals surface area contributed by atoms with Crippen molar-refractivity contribution in [2.75, 3.05) is 0 Å². The first-order chi connectivity index (χ1) is 20.6. The molecular formula is C37H51ClO6. The average Bonchev–Trinajstić information content (AvgIpc) is 3.20. The van der Waals surface area contributed by atoms with E-state index in [2.05, 4.69) is 33.8 Å². The molecule has 242 valence electrons. The fourth-order valence-electron chi connectivity index (χ4n) is 10.5. The van der Waals surface area contributed by atoms with Crippen molar-refractivity contribution < 1.29 is 29.3 Å². The summed E-state index contributed by atoms with van der Waals surface area (Å²) in [7, 11) is 0. The Morgan fingerprint density at radius 3 is 2.43 bits per heavy atom. The molecule has 5 rings (SSSR count).